The Hall–Kier alpha value is -2.03. The number of nitrogen functional groups attached to an aromatic ring is 1. The highest BCUT2D eigenvalue weighted by Gasteiger charge is 2.36. The fourth-order valence-corrected chi connectivity index (χ4v) is 2.42. The van der Waals surface area contributed by atoms with Crippen molar-refractivity contribution in [3.63, 3.8) is 0 Å². The van der Waals surface area contributed by atoms with Crippen molar-refractivity contribution < 1.29 is 19.7 Å². The van der Waals surface area contributed by atoms with E-state index < -0.39 is 23.9 Å². The number of imidazole rings is 1. The largest absolute Gasteiger partial charge is 0.396 e. The molecule has 0 unspecified atom stereocenters. The summed E-state index contributed by atoms with van der Waals surface area (Å²) in [6, 6.07) is 0. The van der Waals surface area contributed by atoms with Gasteiger partial charge in [-0.3, -0.25) is 4.57 Å². The van der Waals surface area contributed by atoms with Gasteiger partial charge >= 0.3 is 0 Å². The van der Waals surface area contributed by atoms with Crippen molar-refractivity contribution in [2.24, 2.45) is 5.92 Å². The van der Waals surface area contributed by atoms with Gasteiger partial charge in [0.25, 0.3) is 0 Å². The van der Waals surface area contributed by atoms with Crippen LogP contribution in [0.3, 0.4) is 0 Å². The normalized spacial score (nSPS) is 26.2. The van der Waals surface area contributed by atoms with E-state index in [1.807, 2.05) is 0 Å². The van der Waals surface area contributed by atoms with Crippen molar-refractivity contribution in [3.8, 4) is 0 Å². The molecule has 0 saturated heterocycles. The Kier molecular flexibility index (Phi) is 2.93. The highest BCUT2D eigenvalue weighted by Crippen LogP contribution is 2.32. The number of nitrogens with zero attached hydrogens (tertiary/aromatic N) is 3. The maximum Gasteiger partial charge on any atom is 0.167 e. The third-order valence-electron chi connectivity index (χ3n) is 3.49. The Morgan fingerprint density at radius 1 is 1.35 bits per heavy atom. The van der Waals surface area contributed by atoms with Gasteiger partial charge < -0.3 is 21.1 Å². The molecule has 2 aromatic heterocycles. The third kappa shape index (κ3) is 1.69. The Balaban J connectivity index is 2.19. The number of aromatic nitrogens is 3. The zero-order chi connectivity index (χ0) is 14.4. The molecule has 3 rings (SSSR count). The molecular formula is C12H13FN4O3. The number of hydrogen-bond donors (Lipinski definition) is 4. The number of halogens is 1. The first kappa shape index (κ1) is 13.0. The molecule has 8 heteroatoms. The Morgan fingerprint density at radius 3 is 2.75 bits per heavy atom. The minimum Gasteiger partial charge on any atom is -0.396 e. The van der Waals surface area contributed by atoms with Crippen molar-refractivity contribution in [2.45, 2.75) is 12.2 Å². The molecular weight excluding hydrogens is 267 g/mol. The number of hydrogen-bond acceptors (Lipinski definition) is 6. The average Bonchev–Trinajstić information content (AvgIpc) is 2.99. The second-order valence-corrected chi connectivity index (χ2v) is 4.68. The quantitative estimate of drug-likeness (QED) is 0.580. The molecule has 0 spiro atoms. The second kappa shape index (κ2) is 4.51. The zero-order valence-corrected chi connectivity index (χ0v) is 10.3. The number of fused-ring (bicyclic) bond motifs is 1. The maximum absolute atomic E-state index is 13.9. The lowest BCUT2D eigenvalue weighted by Crippen LogP contribution is -2.30. The predicted octanol–water partition coefficient (Wildman–Crippen LogP) is -0.663. The minimum absolute atomic E-state index is 0.0764. The van der Waals surface area contributed by atoms with Crippen LogP contribution in [0.1, 0.15) is 0 Å². The van der Waals surface area contributed by atoms with Gasteiger partial charge in [-0.1, -0.05) is 6.08 Å². The van der Waals surface area contributed by atoms with Crippen molar-refractivity contribution >= 4 is 22.5 Å². The summed E-state index contributed by atoms with van der Waals surface area (Å²) in [4.78, 5) is 7.64. The summed E-state index contributed by atoms with van der Waals surface area (Å²) in [5.74, 6) is -1.17. The molecule has 3 atom stereocenters. The van der Waals surface area contributed by atoms with E-state index in [-0.39, 0.29) is 29.2 Å². The molecule has 1 aliphatic carbocycles. The monoisotopic (exact) mass is 280 g/mol. The van der Waals surface area contributed by atoms with E-state index in [0.29, 0.717) is 0 Å². The van der Waals surface area contributed by atoms with Crippen LogP contribution in [-0.4, -0.2) is 48.7 Å². The number of rotatable bonds is 2. The summed E-state index contributed by atoms with van der Waals surface area (Å²) >= 11 is 0. The first-order valence-electron chi connectivity index (χ1n) is 6.00. The van der Waals surface area contributed by atoms with Crippen molar-refractivity contribution in [3.05, 3.63) is 24.4 Å². The first-order chi connectivity index (χ1) is 9.54. The van der Waals surface area contributed by atoms with Gasteiger partial charge in [0.05, 0.1) is 24.6 Å². The Bertz CT molecular complexity index is 699. The number of aliphatic hydroxyl groups is 3. The average molecular weight is 280 g/mol. The van der Waals surface area contributed by atoms with Gasteiger partial charge in [0.2, 0.25) is 0 Å². The van der Waals surface area contributed by atoms with Gasteiger partial charge in [-0.15, -0.1) is 0 Å². The van der Waals surface area contributed by atoms with Crippen LogP contribution in [0.4, 0.5) is 10.2 Å². The number of aliphatic hydroxyl groups excluding tert-OH is 3. The van der Waals surface area contributed by atoms with Crippen molar-refractivity contribution in [2.75, 3.05) is 12.3 Å². The fraction of sp³-hybridized carbons (Fsp3) is 0.333. The van der Waals surface area contributed by atoms with Gasteiger partial charge in [0.1, 0.15) is 23.5 Å². The van der Waals surface area contributed by atoms with Crippen LogP contribution in [0.25, 0.3) is 16.7 Å². The SMILES string of the molecule is Nc1ncc(F)c2c1ncn2C1=C[C@H](CO)[C@@H](O)[C@H]1O. The van der Waals surface area contributed by atoms with E-state index in [1.165, 1.54) is 17.0 Å². The van der Waals surface area contributed by atoms with E-state index in [1.54, 1.807) is 0 Å². The molecule has 20 heavy (non-hydrogen) atoms. The Morgan fingerprint density at radius 2 is 2.10 bits per heavy atom. The van der Waals surface area contributed by atoms with E-state index in [2.05, 4.69) is 9.97 Å². The molecule has 1 aliphatic rings. The van der Waals surface area contributed by atoms with Crippen LogP contribution in [0, 0.1) is 11.7 Å². The molecule has 0 fully saturated rings. The number of pyridine rings is 1. The molecule has 2 aromatic rings. The molecule has 0 radical (unpaired) electrons. The van der Waals surface area contributed by atoms with Gasteiger partial charge in [-0.05, 0) is 0 Å². The molecule has 5 N–H and O–H groups in total. The summed E-state index contributed by atoms with van der Waals surface area (Å²) in [6.45, 7) is -0.319. The Labute approximate surface area is 112 Å². The fourth-order valence-electron chi connectivity index (χ4n) is 2.42. The summed E-state index contributed by atoms with van der Waals surface area (Å²) < 4.78 is 15.2. The molecule has 0 aromatic carbocycles. The summed E-state index contributed by atoms with van der Waals surface area (Å²) in [7, 11) is 0. The van der Waals surface area contributed by atoms with Gasteiger partial charge in [0.15, 0.2) is 11.6 Å². The molecule has 2 heterocycles. The van der Waals surface area contributed by atoms with Crippen molar-refractivity contribution in [1.82, 2.24) is 14.5 Å². The minimum atomic E-state index is -1.24. The third-order valence-corrected chi connectivity index (χ3v) is 3.49. The first-order valence-corrected chi connectivity index (χ1v) is 6.00. The highest BCUT2D eigenvalue weighted by atomic mass is 19.1. The van der Waals surface area contributed by atoms with Crippen LogP contribution in [-0.2, 0) is 0 Å². The summed E-state index contributed by atoms with van der Waals surface area (Å²) in [5.41, 5.74) is 6.14. The molecule has 0 aliphatic heterocycles. The number of nitrogens with two attached hydrogens (primary N) is 1. The van der Waals surface area contributed by atoms with Crippen molar-refractivity contribution in [1.29, 1.82) is 0 Å². The predicted molar refractivity (Wildman–Crippen MR) is 68.8 cm³/mol. The molecule has 0 saturated carbocycles. The molecule has 106 valence electrons. The van der Waals surface area contributed by atoms with Gasteiger partial charge in [-0.25, -0.2) is 14.4 Å². The van der Waals surface area contributed by atoms with E-state index >= 15 is 0 Å². The van der Waals surface area contributed by atoms with E-state index in [4.69, 9.17) is 10.8 Å². The van der Waals surface area contributed by atoms with Gasteiger partial charge in [-0.2, -0.15) is 0 Å². The second-order valence-electron chi connectivity index (χ2n) is 4.68. The summed E-state index contributed by atoms with van der Waals surface area (Å²) in [6.07, 6.45) is 1.38. The highest BCUT2D eigenvalue weighted by molar-refractivity contribution is 5.88. The van der Waals surface area contributed by atoms with Crippen LogP contribution in [0.2, 0.25) is 0 Å². The van der Waals surface area contributed by atoms with Crippen LogP contribution in [0.15, 0.2) is 18.6 Å². The smallest absolute Gasteiger partial charge is 0.167 e. The zero-order valence-electron chi connectivity index (χ0n) is 10.3. The topological polar surface area (TPSA) is 117 Å². The number of anilines is 1. The van der Waals surface area contributed by atoms with Crippen LogP contribution >= 0.6 is 0 Å². The van der Waals surface area contributed by atoms with E-state index in [0.717, 1.165) is 6.20 Å². The van der Waals surface area contributed by atoms with E-state index in [9.17, 15) is 14.6 Å². The molecule has 7 nitrogen and oxygen atoms in total. The van der Waals surface area contributed by atoms with Crippen LogP contribution < -0.4 is 5.73 Å². The van der Waals surface area contributed by atoms with Crippen LogP contribution in [0.5, 0.6) is 0 Å². The molecule has 0 bridgehead atoms. The van der Waals surface area contributed by atoms with Gasteiger partial charge in [0, 0.05) is 5.92 Å². The molecule has 0 amide bonds. The maximum atomic E-state index is 13.9. The lowest BCUT2D eigenvalue weighted by molar-refractivity contribution is 0.0199. The standard InChI is InChI=1S/C12H13FN4O3/c13-6-2-15-12(14)8-9(6)17(4-16-8)7-1-5(3-18)10(19)11(7)20/h1-2,4-5,10-11,18-20H,3H2,(H2,14,15)/t5-,10-,11+/m1/s1. The lowest BCUT2D eigenvalue weighted by atomic mass is 10.1. The lowest BCUT2D eigenvalue weighted by Gasteiger charge is -2.16. The summed E-state index contributed by atoms with van der Waals surface area (Å²) in [5, 5.41) is 28.9.